The molecule has 0 amide bonds. The van der Waals surface area contributed by atoms with E-state index in [0.717, 1.165) is 18.8 Å². The van der Waals surface area contributed by atoms with Gasteiger partial charge in [-0.15, -0.1) is 0 Å². The average Bonchev–Trinajstić information content (AvgIpc) is 2.28. The Morgan fingerprint density at radius 1 is 1.16 bits per heavy atom. The highest BCUT2D eigenvalue weighted by Gasteiger charge is 2.05. The van der Waals surface area contributed by atoms with Crippen molar-refractivity contribution in [2.24, 2.45) is 11.8 Å². The Balaban J connectivity index is 3.72. The van der Waals surface area contributed by atoms with Gasteiger partial charge in [-0.2, -0.15) is 0 Å². The summed E-state index contributed by atoms with van der Waals surface area (Å²) in [5.41, 5.74) is 0. The van der Waals surface area contributed by atoms with Crippen molar-refractivity contribution in [2.75, 3.05) is 0 Å². The number of hydrogen-bond acceptors (Lipinski definition) is 2. The van der Waals surface area contributed by atoms with Crippen molar-refractivity contribution in [1.29, 1.82) is 0 Å². The summed E-state index contributed by atoms with van der Waals surface area (Å²) in [5.74, 6) is 1.43. The van der Waals surface area contributed by atoms with E-state index in [2.05, 4.69) is 26.8 Å². The first-order valence-corrected chi connectivity index (χ1v) is 7.81. The maximum absolute atomic E-state index is 11.3. The van der Waals surface area contributed by atoms with Crippen LogP contribution < -0.4 is 0 Å². The van der Waals surface area contributed by atoms with Crippen molar-refractivity contribution in [2.45, 2.75) is 79.2 Å². The summed E-state index contributed by atoms with van der Waals surface area (Å²) in [5, 5.41) is 0. The van der Waals surface area contributed by atoms with E-state index in [9.17, 15) is 4.79 Å². The average molecular weight is 268 g/mol. The number of rotatable bonds is 10. The zero-order chi connectivity index (χ0) is 14.7. The molecular weight excluding hydrogens is 236 g/mol. The van der Waals surface area contributed by atoms with Crippen LogP contribution in [0.15, 0.2) is 12.2 Å². The lowest BCUT2D eigenvalue weighted by Gasteiger charge is -2.11. The van der Waals surface area contributed by atoms with Gasteiger partial charge in [0.15, 0.2) is 0 Å². The fourth-order valence-corrected chi connectivity index (χ4v) is 2.00. The molecule has 0 unspecified atom stereocenters. The number of ether oxygens (including phenoxy) is 1. The van der Waals surface area contributed by atoms with Crippen molar-refractivity contribution in [3.8, 4) is 0 Å². The molecule has 0 aromatic rings. The molecule has 0 aliphatic rings. The third-order valence-electron chi connectivity index (χ3n) is 3.20. The summed E-state index contributed by atoms with van der Waals surface area (Å²) < 4.78 is 5.26. The molecule has 2 nitrogen and oxygen atoms in total. The summed E-state index contributed by atoms with van der Waals surface area (Å²) >= 11 is 0. The molecule has 0 N–H and O–H groups in total. The van der Waals surface area contributed by atoms with E-state index in [1.165, 1.54) is 19.3 Å². The molecule has 0 aromatic heterocycles. The zero-order valence-corrected chi connectivity index (χ0v) is 13.4. The fourth-order valence-electron chi connectivity index (χ4n) is 2.00. The van der Waals surface area contributed by atoms with Crippen LogP contribution in [0.4, 0.5) is 0 Å². The van der Waals surface area contributed by atoms with Gasteiger partial charge in [0.25, 0.3) is 0 Å². The summed E-state index contributed by atoms with van der Waals surface area (Å²) in [6.07, 6.45) is 10.4. The highest BCUT2D eigenvalue weighted by Crippen LogP contribution is 2.15. The van der Waals surface area contributed by atoms with E-state index >= 15 is 0 Å². The maximum Gasteiger partial charge on any atom is 0.306 e. The second-order valence-corrected chi connectivity index (χ2v) is 6.04. The van der Waals surface area contributed by atoms with Crippen LogP contribution in [0, 0.1) is 11.8 Å². The third kappa shape index (κ3) is 12.0. The predicted molar refractivity (Wildman–Crippen MR) is 82.1 cm³/mol. The minimum absolute atomic E-state index is 0.0929. The molecule has 0 rings (SSSR count). The smallest absolute Gasteiger partial charge is 0.306 e. The summed E-state index contributed by atoms with van der Waals surface area (Å²) in [7, 11) is 0. The van der Waals surface area contributed by atoms with Crippen LogP contribution in [-0.2, 0) is 9.53 Å². The second-order valence-electron chi connectivity index (χ2n) is 6.04. The summed E-state index contributed by atoms with van der Waals surface area (Å²) in [6.45, 7) is 10.8. The molecule has 2 heteroatoms. The van der Waals surface area contributed by atoms with Crippen LogP contribution in [0.5, 0.6) is 0 Å². The van der Waals surface area contributed by atoms with Crippen molar-refractivity contribution < 1.29 is 9.53 Å². The van der Waals surface area contributed by atoms with Gasteiger partial charge in [0, 0.05) is 6.42 Å². The molecule has 0 aliphatic carbocycles. The van der Waals surface area contributed by atoms with Crippen molar-refractivity contribution in [1.82, 2.24) is 0 Å². The van der Waals surface area contributed by atoms with Crippen molar-refractivity contribution in [3.05, 3.63) is 12.2 Å². The zero-order valence-electron chi connectivity index (χ0n) is 13.4. The van der Waals surface area contributed by atoms with Gasteiger partial charge in [-0.25, -0.2) is 0 Å². The quantitative estimate of drug-likeness (QED) is 0.405. The van der Waals surface area contributed by atoms with Crippen LogP contribution in [0.3, 0.4) is 0 Å². The monoisotopic (exact) mass is 268 g/mol. The Hall–Kier alpha value is -0.790. The van der Waals surface area contributed by atoms with Gasteiger partial charge >= 0.3 is 5.97 Å². The molecule has 0 bridgehead atoms. The number of carbonyl (C=O) groups is 1. The molecule has 0 spiro atoms. The second kappa shape index (κ2) is 11.1. The Bertz CT molecular complexity index is 256. The highest BCUT2D eigenvalue weighted by atomic mass is 16.5. The predicted octanol–water partition coefficient (Wildman–Crippen LogP) is 5.13. The molecule has 0 radical (unpaired) electrons. The summed E-state index contributed by atoms with van der Waals surface area (Å²) in [6, 6.07) is 0. The number of esters is 1. The van der Waals surface area contributed by atoms with E-state index in [-0.39, 0.29) is 12.1 Å². The van der Waals surface area contributed by atoms with E-state index in [0.29, 0.717) is 12.3 Å². The molecule has 112 valence electrons. The molecular formula is C17H32O2. The molecule has 0 aromatic carbocycles. The van der Waals surface area contributed by atoms with Crippen LogP contribution in [0.25, 0.3) is 0 Å². The number of hydrogen-bond donors (Lipinski definition) is 0. The molecule has 0 heterocycles. The SMILES string of the molecule is CCCC(=O)O[C@@H](C)C=CC[C@H](C)CCCC(C)C. The molecule has 0 saturated heterocycles. The fraction of sp³-hybridized carbons (Fsp3) is 0.824. The molecule has 0 aliphatic heterocycles. The molecule has 19 heavy (non-hydrogen) atoms. The number of carbonyl (C=O) groups excluding carboxylic acids is 1. The minimum atomic E-state index is -0.0954. The Morgan fingerprint density at radius 2 is 1.84 bits per heavy atom. The largest absolute Gasteiger partial charge is 0.458 e. The topological polar surface area (TPSA) is 26.3 Å². The lowest BCUT2D eigenvalue weighted by atomic mass is 9.97. The molecule has 2 atom stereocenters. The lowest BCUT2D eigenvalue weighted by molar-refractivity contribution is -0.146. The van der Waals surface area contributed by atoms with Gasteiger partial charge in [-0.05, 0) is 37.7 Å². The normalized spacial score (nSPS) is 14.8. The molecule has 0 fully saturated rings. The van der Waals surface area contributed by atoms with E-state index in [4.69, 9.17) is 4.74 Å². The van der Waals surface area contributed by atoms with Crippen LogP contribution in [-0.4, -0.2) is 12.1 Å². The van der Waals surface area contributed by atoms with Crippen LogP contribution in [0.1, 0.15) is 73.1 Å². The lowest BCUT2D eigenvalue weighted by Crippen LogP contribution is -2.12. The first-order valence-electron chi connectivity index (χ1n) is 7.81. The van der Waals surface area contributed by atoms with Gasteiger partial charge in [-0.1, -0.05) is 53.0 Å². The first-order chi connectivity index (χ1) is 8.95. The molecule has 0 saturated carbocycles. The number of allylic oxidation sites excluding steroid dienone is 1. The maximum atomic E-state index is 11.3. The van der Waals surface area contributed by atoms with Gasteiger partial charge in [0.2, 0.25) is 0 Å². The van der Waals surface area contributed by atoms with Gasteiger partial charge in [0.1, 0.15) is 6.10 Å². The van der Waals surface area contributed by atoms with Crippen LogP contribution >= 0.6 is 0 Å². The highest BCUT2D eigenvalue weighted by molar-refractivity contribution is 5.69. The Morgan fingerprint density at radius 3 is 2.42 bits per heavy atom. The van der Waals surface area contributed by atoms with Gasteiger partial charge < -0.3 is 4.74 Å². The van der Waals surface area contributed by atoms with E-state index in [1.54, 1.807) is 0 Å². The van der Waals surface area contributed by atoms with E-state index in [1.807, 2.05) is 19.9 Å². The van der Waals surface area contributed by atoms with E-state index < -0.39 is 0 Å². The third-order valence-corrected chi connectivity index (χ3v) is 3.20. The van der Waals surface area contributed by atoms with Gasteiger partial charge in [-0.3, -0.25) is 4.79 Å². The standard InChI is InChI=1S/C17H32O2/c1-6-9-17(18)19-16(5)13-8-12-15(4)11-7-10-14(2)3/h8,13-16H,6-7,9-12H2,1-5H3/t15-,16+/m1/s1. The van der Waals surface area contributed by atoms with Crippen molar-refractivity contribution in [3.63, 3.8) is 0 Å². The first kappa shape index (κ1) is 18.2. The summed E-state index contributed by atoms with van der Waals surface area (Å²) in [4.78, 5) is 11.3. The van der Waals surface area contributed by atoms with Crippen LogP contribution in [0.2, 0.25) is 0 Å². The Kier molecular flexibility index (Phi) is 10.6. The van der Waals surface area contributed by atoms with Gasteiger partial charge in [0.05, 0.1) is 0 Å². The minimum Gasteiger partial charge on any atom is -0.458 e. The van der Waals surface area contributed by atoms with Crippen molar-refractivity contribution >= 4 is 5.97 Å². The Labute approximate surface area is 119 Å².